The summed E-state index contributed by atoms with van der Waals surface area (Å²) in [5, 5.41) is 0. The molecule has 21 heavy (non-hydrogen) atoms. The van der Waals surface area contributed by atoms with Gasteiger partial charge in [0.15, 0.2) is 0 Å². The van der Waals surface area contributed by atoms with E-state index in [1.165, 1.54) is 11.1 Å². The quantitative estimate of drug-likeness (QED) is 0.746. The predicted octanol–water partition coefficient (Wildman–Crippen LogP) is 5.14. The highest BCUT2D eigenvalue weighted by molar-refractivity contribution is 9.10. The minimum Gasteiger partial charge on any atom is -0.482 e. The Balaban J connectivity index is 1.86. The highest BCUT2D eigenvalue weighted by atomic mass is 79.9. The SMILES string of the molecule is CC(C)c1ccc(C2CN(C)c3cc(Br)ccc3O2)cc1. The van der Waals surface area contributed by atoms with Crippen LogP contribution < -0.4 is 9.64 Å². The van der Waals surface area contributed by atoms with Gasteiger partial charge in [-0.3, -0.25) is 0 Å². The molecule has 0 bridgehead atoms. The fraction of sp³-hybridized carbons (Fsp3) is 0.333. The van der Waals surface area contributed by atoms with Gasteiger partial charge in [-0.1, -0.05) is 54.0 Å². The third-order valence-electron chi connectivity index (χ3n) is 4.02. The van der Waals surface area contributed by atoms with Gasteiger partial charge in [-0.05, 0) is 35.2 Å². The van der Waals surface area contributed by atoms with Crippen molar-refractivity contribution < 1.29 is 4.74 Å². The van der Waals surface area contributed by atoms with E-state index >= 15 is 0 Å². The number of fused-ring (bicyclic) bond motifs is 1. The number of hydrogen-bond donors (Lipinski definition) is 0. The summed E-state index contributed by atoms with van der Waals surface area (Å²) in [6.45, 7) is 5.30. The molecule has 2 aromatic rings. The second-order valence-corrected chi connectivity index (χ2v) is 6.84. The Morgan fingerprint density at radius 1 is 1.14 bits per heavy atom. The first-order valence-corrected chi connectivity index (χ1v) is 8.11. The summed E-state index contributed by atoms with van der Waals surface area (Å²) < 4.78 is 7.26. The van der Waals surface area contributed by atoms with Crippen molar-refractivity contribution in [3.05, 3.63) is 58.1 Å². The first-order valence-electron chi connectivity index (χ1n) is 7.32. The number of anilines is 1. The molecule has 1 atom stereocenters. The van der Waals surface area contributed by atoms with Gasteiger partial charge >= 0.3 is 0 Å². The van der Waals surface area contributed by atoms with Gasteiger partial charge in [0.25, 0.3) is 0 Å². The predicted molar refractivity (Wildman–Crippen MR) is 91.3 cm³/mol. The van der Waals surface area contributed by atoms with E-state index in [0.29, 0.717) is 5.92 Å². The molecule has 2 aromatic carbocycles. The smallest absolute Gasteiger partial charge is 0.143 e. The van der Waals surface area contributed by atoms with Gasteiger partial charge in [0.05, 0.1) is 12.2 Å². The Labute approximate surface area is 134 Å². The van der Waals surface area contributed by atoms with E-state index in [1.54, 1.807) is 0 Å². The summed E-state index contributed by atoms with van der Waals surface area (Å²) in [7, 11) is 2.11. The molecule has 0 fully saturated rings. The lowest BCUT2D eigenvalue weighted by atomic mass is 9.99. The topological polar surface area (TPSA) is 12.5 Å². The highest BCUT2D eigenvalue weighted by Crippen LogP contribution is 2.39. The summed E-state index contributed by atoms with van der Waals surface area (Å²) in [5.74, 6) is 1.51. The van der Waals surface area contributed by atoms with E-state index in [-0.39, 0.29) is 6.10 Å². The number of halogens is 1. The van der Waals surface area contributed by atoms with Crippen LogP contribution in [0.4, 0.5) is 5.69 Å². The molecule has 0 amide bonds. The van der Waals surface area contributed by atoms with Crippen LogP contribution in [-0.2, 0) is 0 Å². The zero-order valence-electron chi connectivity index (χ0n) is 12.6. The van der Waals surface area contributed by atoms with Gasteiger partial charge in [-0.15, -0.1) is 0 Å². The van der Waals surface area contributed by atoms with Crippen LogP contribution in [0.25, 0.3) is 0 Å². The van der Waals surface area contributed by atoms with E-state index < -0.39 is 0 Å². The zero-order valence-corrected chi connectivity index (χ0v) is 14.2. The van der Waals surface area contributed by atoms with Crippen molar-refractivity contribution in [2.75, 3.05) is 18.5 Å². The molecule has 1 aliphatic rings. The number of likely N-dealkylation sites (N-methyl/N-ethyl adjacent to an activating group) is 1. The molecule has 0 spiro atoms. The van der Waals surface area contributed by atoms with Crippen LogP contribution in [0.1, 0.15) is 37.0 Å². The first kappa shape index (κ1) is 14.5. The molecule has 3 heteroatoms. The van der Waals surface area contributed by atoms with Gasteiger partial charge in [0.1, 0.15) is 11.9 Å². The fourth-order valence-corrected chi connectivity index (χ4v) is 3.04. The maximum absolute atomic E-state index is 6.18. The van der Waals surface area contributed by atoms with Crippen molar-refractivity contribution in [3.63, 3.8) is 0 Å². The maximum Gasteiger partial charge on any atom is 0.143 e. The number of rotatable bonds is 2. The van der Waals surface area contributed by atoms with Crippen molar-refractivity contribution in [1.82, 2.24) is 0 Å². The van der Waals surface area contributed by atoms with E-state index in [2.05, 4.69) is 72.1 Å². The molecule has 110 valence electrons. The summed E-state index contributed by atoms with van der Waals surface area (Å²) in [5.41, 5.74) is 3.74. The van der Waals surface area contributed by atoms with Gasteiger partial charge in [-0.2, -0.15) is 0 Å². The molecule has 3 rings (SSSR count). The molecular formula is C18H20BrNO. The average Bonchev–Trinajstić information content (AvgIpc) is 2.48. The fourth-order valence-electron chi connectivity index (χ4n) is 2.70. The van der Waals surface area contributed by atoms with Crippen LogP contribution in [0.5, 0.6) is 5.75 Å². The second-order valence-electron chi connectivity index (χ2n) is 5.92. The van der Waals surface area contributed by atoms with Crippen molar-refractivity contribution >= 4 is 21.6 Å². The number of benzene rings is 2. The van der Waals surface area contributed by atoms with Crippen molar-refractivity contribution in [3.8, 4) is 5.75 Å². The molecule has 0 N–H and O–H groups in total. The average molecular weight is 346 g/mol. The van der Waals surface area contributed by atoms with E-state index in [4.69, 9.17) is 4.74 Å². The van der Waals surface area contributed by atoms with Crippen LogP contribution in [0.3, 0.4) is 0 Å². The third-order valence-corrected chi connectivity index (χ3v) is 4.51. The largest absolute Gasteiger partial charge is 0.482 e. The normalized spacial score (nSPS) is 17.6. The van der Waals surface area contributed by atoms with Gasteiger partial charge in [-0.25, -0.2) is 0 Å². The molecule has 1 unspecified atom stereocenters. The molecule has 1 heterocycles. The molecule has 1 aliphatic heterocycles. The van der Waals surface area contributed by atoms with E-state index in [1.807, 2.05) is 12.1 Å². The molecule has 0 radical (unpaired) electrons. The standard InChI is InChI=1S/C18H20BrNO/c1-12(2)13-4-6-14(7-5-13)18-11-20(3)16-10-15(19)8-9-17(16)21-18/h4-10,12,18H,11H2,1-3H3. The molecule has 2 nitrogen and oxygen atoms in total. The molecule has 0 saturated heterocycles. The Morgan fingerprint density at radius 3 is 2.52 bits per heavy atom. The van der Waals surface area contributed by atoms with Gasteiger partial charge in [0.2, 0.25) is 0 Å². The van der Waals surface area contributed by atoms with Crippen molar-refractivity contribution in [2.24, 2.45) is 0 Å². The zero-order chi connectivity index (χ0) is 15.0. The molecular weight excluding hydrogens is 326 g/mol. The second kappa shape index (κ2) is 5.72. The summed E-state index contributed by atoms with van der Waals surface area (Å²) >= 11 is 3.52. The lowest BCUT2D eigenvalue weighted by Crippen LogP contribution is -2.32. The lowest BCUT2D eigenvalue weighted by molar-refractivity contribution is 0.200. The lowest BCUT2D eigenvalue weighted by Gasteiger charge is -2.34. The van der Waals surface area contributed by atoms with E-state index in [9.17, 15) is 0 Å². The Hall–Kier alpha value is -1.48. The highest BCUT2D eigenvalue weighted by Gasteiger charge is 2.24. The van der Waals surface area contributed by atoms with Crippen LogP contribution in [0.15, 0.2) is 46.9 Å². The van der Waals surface area contributed by atoms with Crippen LogP contribution >= 0.6 is 15.9 Å². The molecule has 0 aliphatic carbocycles. The van der Waals surface area contributed by atoms with Gasteiger partial charge < -0.3 is 9.64 Å². The van der Waals surface area contributed by atoms with Crippen LogP contribution in [0.2, 0.25) is 0 Å². The van der Waals surface area contributed by atoms with Crippen molar-refractivity contribution in [1.29, 1.82) is 0 Å². The number of hydrogen-bond acceptors (Lipinski definition) is 2. The van der Waals surface area contributed by atoms with Gasteiger partial charge in [0, 0.05) is 11.5 Å². The maximum atomic E-state index is 6.18. The number of ether oxygens (including phenoxy) is 1. The van der Waals surface area contributed by atoms with Crippen LogP contribution in [-0.4, -0.2) is 13.6 Å². The first-order chi connectivity index (χ1) is 10.0. The minimum absolute atomic E-state index is 0.0879. The summed E-state index contributed by atoms with van der Waals surface area (Å²) in [6.07, 6.45) is 0.0879. The Kier molecular flexibility index (Phi) is 3.94. The van der Waals surface area contributed by atoms with Crippen molar-refractivity contribution in [2.45, 2.75) is 25.9 Å². The van der Waals surface area contributed by atoms with Crippen LogP contribution in [0, 0.1) is 0 Å². The molecule has 0 saturated carbocycles. The Bertz CT molecular complexity index is 636. The monoisotopic (exact) mass is 345 g/mol. The third kappa shape index (κ3) is 2.93. The van der Waals surface area contributed by atoms with E-state index in [0.717, 1.165) is 22.5 Å². The Morgan fingerprint density at radius 2 is 1.86 bits per heavy atom. The summed E-state index contributed by atoms with van der Waals surface area (Å²) in [6, 6.07) is 15.0. The molecule has 0 aromatic heterocycles. The summed E-state index contributed by atoms with van der Waals surface area (Å²) in [4.78, 5) is 2.25. The minimum atomic E-state index is 0.0879. The number of nitrogens with zero attached hydrogens (tertiary/aromatic N) is 1.